The number of fused-ring (bicyclic) bond motifs is 1. The largest absolute Gasteiger partial charge is 0.416 e. The topological polar surface area (TPSA) is 101 Å². The molecule has 158 valence electrons. The van der Waals surface area contributed by atoms with Crippen molar-refractivity contribution < 1.29 is 21.6 Å². The molecule has 0 atom stereocenters. The first-order valence-corrected chi connectivity index (χ1v) is 10.4. The number of alkyl halides is 3. The minimum absolute atomic E-state index is 0.0708. The summed E-state index contributed by atoms with van der Waals surface area (Å²) in [5, 5.41) is 8.80. The lowest BCUT2D eigenvalue weighted by Crippen LogP contribution is -2.43. The van der Waals surface area contributed by atoms with Crippen LogP contribution in [0.1, 0.15) is 37.9 Å². The Labute approximate surface area is 171 Å². The number of benzene rings is 1. The van der Waals surface area contributed by atoms with Gasteiger partial charge in [-0.3, -0.25) is 0 Å². The van der Waals surface area contributed by atoms with Gasteiger partial charge in [-0.1, -0.05) is 0 Å². The highest BCUT2D eigenvalue weighted by atomic mass is 32.2. The lowest BCUT2D eigenvalue weighted by Gasteiger charge is -2.26. The Morgan fingerprint density at radius 2 is 1.90 bits per heavy atom. The number of halogens is 3. The number of aromatic nitrogens is 3. The van der Waals surface area contributed by atoms with E-state index in [9.17, 15) is 21.6 Å². The molecule has 0 bridgehead atoms. The molecule has 1 N–H and O–H groups in total. The molecule has 11 heteroatoms. The van der Waals surface area contributed by atoms with E-state index in [-0.39, 0.29) is 28.5 Å². The van der Waals surface area contributed by atoms with Crippen molar-refractivity contribution in [2.24, 2.45) is 0 Å². The lowest BCUT2D eigenvalue weighted by atomic mass is 10.1. The van der Waals surface area contributed by atoms with Gasteiger partial charge in [-0.25, -0.2) is 18.4 Å². The van der Waals surface area contributed by atoms with Gasteiger partial charge in [0.15, 0.2) is 0 Å². The van der Waals surface area contributed by atoms with E-state index in [2.05, 4.69) is 14.7 Å². The van der Waals surface area contributed by atoms with Gasteiger partial charge < -0.3 is 4.57 Å². The van der Waals surface area contributed by atoms with Gasteiger partial charge in [-0.2, -0.15) is 23.2 Å². The van der Waals surface area contributed by atoms with Gasteiger partial charge in [-0.05, 0) is 51.1 Å². The molecule has 0 fully saturated rings. The summed E-state index contributed by atoms with van der Waals surface area (Å²) in [6.45, 7) is 5.16. The van der Waals surface area contributed by atoms with E-state index in [0.717, 1.165) is 18.3 Å². The first-order chi connectivity index (χ1) is 13.9. The number of imidazole rings is 1. The molecule has 0 saturated heterocycles. The van der Waals surface area contributed by atoms with E-state index < -0.39 is 27.3 Å². The molecule has 0 radical (unpaired) electrons. The second-order valence-electron chi connectivity index (χ2n) is 7.10. The Balaban J connectivity index is 2.05. The molecule has 0 amide bonds. The van der Waals surface area contributed by atoms with Crippen molar-refractivity contribution in [3.05, 3.63) is 53.6 Å². The summed E-state index contributed by atoms with van der Waals surface area (Å²) >= 11 is 0. The standard InChI is InChI=1S/C19H18F3N5O2S/c1-4-27-16-9-12(19(20,21)22)5-8-15(16)25-17(27)18(2,3)26-30(28,29)14-7-6-13(10-23)24-11-14/h5-9,11,26H,4H2,1-3H3. The number of sulfonamides is 1. The van der Waals surface area contributed by atoms with E-state index in [1.54, 1.807) is 31.4 Å². The first-order valence-electron chi connectivity index (χ1n) is 8.87. The third kappa shape index (κ3) is 4.01. The van der Waals surface area contributed by atoms with Crippen LogP contribution in [0, 0.1) is 11.3 Å². The highest BCUT2D eigenvalue weighted by Gasteiger charge is 2.35. The molecule has 1 aromatic carbocycles. The number of nitrogens with zero attached hydrogens (tertiary/aromatic N) is 4. The minimum Gasteiger partial charge on any atom is -0.327 e. The predicted octanol–water partition coefficient (Wildman–Crippen LogP) is 3.56. The van der Waals surface area contributed by atoms with E-state index >= 15 is 0 Å². The molecule has 0 saturated carbocycles. The number of pyridine rings is 1. The Kier molecular flexibility index (Phi) is 5.34. The third-order valence-corrected chi connectivity index (χ3v) is 6.14. The molecule has 0 aliphatic heterocycles. The van der Waals surface area contributed by atoms with Crippen molar-refractivity contribution in [2.45, 2.75) is 43.9 Å². The summed E-state index contributed by atoms with van der Waals surface area (Å²) in [7, 11) is -4.04. The molecule has 3 aromatic rings. The van der Waals surface area contributed by atoms with E-state index in [0.29, 0.717) is 5.52 Å². The molecular weight excluding hydrogens is 419 g/mol. The molecule has 2 aromatic heterocycles. The predicted molar refractivity (Wildman–Crippen MR) is 103 cm³/mol. The number of rotatable bonds is 5. The Bertz CT molecular complexity index is 1240. The number of nitriles is 1. The zero-order valence-electron chi connectivity index (χ0n) is 16.3. The summed E-state index contributed by atoms with van der Waals surface area (Å²) in [4.78, 5) is 8.01. The van der Waals surface area contributed by atoms with Gasteiger partial charge >= 0.3 is 6.18 Å². The van der Waals surface area contributed by atoms with Crippen molar-refractivity contribution in [3.63, 3.8) is 0 Å². The highest BCUT2D eigenvalue weighted by Crippen LogP contribution is 2.33. The number of nitrogens with one attached hydrogen (secondary N) is 1. The molecule has 0 aliphatic carbocycles. The van der Waals surface area contributed by atoms with Gasteiger partial charge in [-0.15, -0.1) is 0 Å². The molecule has 7 nitrogen and oxygen atoms in total. The monoisotopic (exact) mass is 437 g/mol. The zero-order chi connectivity index (χ0) is 22.3. The van der Waals surface area contributed by atoms with Gasteiger partial charge in [0.1, 0.15) is 22.5 Å². The highest BCUT2D eigenvalue weighted by molar-refractivity contribution is 7.89. The number of aryl methyl sites for hydroxylation is 1. The molecule has 0 spiro atoms. The Hall–Kier alpha value is -2.97. The van der Waals surface area contributed by atoms with Crippen LogP contribution in [-0.4, -0.2) is 23.0 Å². The zero-order valence-corrected chi connectivity index (χ0v) is 17.1. The SMILES string of the molecule is CCn1c(C(C)(C)NS(=O)(=O)c2ccc(C#N)nc2)nc2ccc(C(F)(F)F)cc21. The van der Waals surface area contributed by atoms with Crippen LogP contribution in [0.15, 0.2) is 41.4 Å². The average Bonchev–Trinajstić information content (AvgIpc) is 3.05. The van der Waals surface area contributed by atoms with Crippen LogP contribution in [0.25, 0.3) is 11.0 Å². The van der Waals surface area contributed by atoms with Crippen LogP contribution in [0.2, 0.25) is 0 Å². The van der Waals surface area contributed by atoms with Crippen LogP contribution in [-0.2, 0) is 28.3 Å². The quantitative estimate of drug-likeness (QED) is 0.658. The van der Waals surface area contributed by atoms with E-state index in [1.807, 2.05) is 0 Å². The fourth-order valence-corrected chi connectivity index (χ4v) is 4.46. The minimum atomic E-state index is -4.50. The summed E-state index contributed by atoms with van der Waals surface area (Å²) in [5.74, 6) is 0.268. The van der Waals surface area contributed by atoms with E-state index in [1.165, 1.54) is 18.2 Å². The summed E-state index contributed by atoms with van der Waals surface area (Å²) in [6.07, 6.45) is -3.44. The van der Waals surface area contributed by atoms with Crippen LogP contribution in [0.3, 0.4) is 0 Å². The van der Waals surface area contributed by atoms with Crippen molar-refractivity contribution in [3.8, 4) is 6.07 Å². The molecule has 0 unspecified atom stereocenters. The van der Waals surface area contributed by atoms with Crippen LogP contribution >= 0.6 is 0 Å². The van der Waals surface area contributed by atoms with Crippen molar-refractivity contribution in [1.82, 2.24) is 19.3 Å². The average molecular weight is 437 g/mol. The smallest absolute Gasteiger partial charge is 0.327 e. The fraction of sp³-hybridized carbons (Fsp3) is 0.316. The molecule has 2 heterocycles. The van der Waals surface area contributed by atoms with Gasteiger partial charge in [0, 0.05) is 12.7 Å². The van der Waals surface area contributed by atoms with Gasteiger partial charge in [0.05, 0.1) is 22.1 Å². The molecular formula is C19H18F3N5O2S. The maximum Gasteiger partial charge on any atom is 0.416 e. The first kappa shape index (κ1) is 21.7. The summed E-state index contributed by atoms with van der Waals surface area (Å²) < 4.78 is 69.0. The second-order valence-corrected chi connectivity index (χ2v) is 8.78. The molecule has 30 heavy (non-hydrogen) atoms. The van der Waals surface area contributed by atoms with Crippen LogP contribution in [0.5, 0.6) is 0 Å². The Morgan fingerprint density at radius 1 is 1.20 bits per heavy atom. The van der Waals surface area contributed by atoms with Crippen LogP contribution < -0.4 is 4.72 Å². The maximum atomic E-state index is 13.1. The Morgan fingerprint density at radius 3 is 2.43 bits per heavy atom. The van der Waals surface area contributed by atoms with Crippen molar-refractivity contribution in [1.29, 1.82) is 5.26 Å². The second kappa shape index (κ2) is 7.37. The maximum absolute atomic E-state index is 13.1. The van der Waals surface area contributed by atoms with Crippen molar-refractivity contribution in [2.75, 3.05) is 0 Å². The van der Waals surface area contributed by atoms with Crippen LogP contribution in [0.4, 0.5) is 13.2 Å². The van der Waals surface area contributed by atoms with Gasteiger partial charge in [0.2, 0.25) is 10.0 Å². The summed E-state index contributed by atoms with van der Waals surface area (Å²) in [6, 6.07) is 7.55. The summed E-state index contributed by atoms with van der Waals surface area (Å²) in [5.41, 5.74) is -1.40. The number of hydrogen-bond acceptors (Lipinski definition) is 5. The molecule has 0 aliphatic rings. The third-order valence-electron chi connectivity index (χ3n) is 4.50. The lowest BCUT2D eigenvalue weighted by molar-refractivity contribution is -0.137. The molecule has 3 rings (SSSR count). The normalized spacial score (nSPS) is 12.8. The fourth-order valence-electron chi connectivity index (χ4n) is 3.14. The van der Waals surface area contributed by atoms with Gasteiger partial charge in [0.25, 0.3) is 0 Å². The van der Waals surface area contributed by atoms with Crippen molar-refractivity contribution >= 4 is 21.1 Å². The number of hydrogen-bond donors (Lipinski definition) is 1. The van der Waals surface area contributed by atoms with E-state index in [4.69, 9.17) is 5.26 Å².